The van der Waals surface area contributed by atoms with Crippen molar-refractivity contribution in [1.82, 2.24) is 5.32 Å². The summed E-state index contributed by atoms with van der Waals surface area (Å²) in [4.78, 5) is 51.2. The van der Waals surface area contributed by atoms with Crippen molar-refractivity contribution in [3.63, 3.8) is 0 Å². The monoisotopic (exact) mass is 592 g/mol. The molecule has 0 unspecified atom stereocenters. The Morgan fingerprint density at radius 1 is 0.897 bits per heavy atom. The molecule has 1 saturated heterocycles. The van der Waals surface area contributed by atoms with Gasteiger partial charge in [-0.3, -0.25) is 14.9 Å². The largest absolute Gasteiger partial charge is 0.490 e. The second-order valence-corrected chi connectivity index (χ2v) is 9.20. The minimum absolute atomic E-state index is 0.190. The van der Waals surface area contributed by atoms with Crippen LogP contribution in [0.3, 0.4) is 0 Å². The van der Waals surface area contributed by atoms with Gasteiger partial charge in [-0.1, -0.05) is 34.1 Å². The zero-order chi connectivity index (χ0) is 27.9. The summed E-state index contributed by atoms with van der Waals surface area (Å²) in [5.41, 5.74) is 1.69. The normalized spacial score (nSPS) is 14.3. The molecule has 0 aliphatic carbocycles. The Morgan fingerprint density at radius 3 is 2.28 bits per heavy atom. The van der Waals surface area contributed by atoms with Crippen LogP contribution in [0.1, 0.15) is 35.3 Å². The van der Waals surface area contributed by atoms with Crippen molar-refractivity contribution in [2.45, 2.75) is 20.5 Å². The molecule has 3 aromatic carbocycles. The van der Waals surface area contributed by atoms with E-state index in [2.05, 4.69) is 21.2 Å². The van der Waals surface area contributed by atoms with Crippen LogP contribution in [-0.4, -0.2) is 37.0 Å². The van der Waals surface area contributed by atoms with Crippen molar-refractivity contribution in [1.29, 1.82) is 0 Å². The molecule has 1 aliphatic rings. The number of nitrogens with zero attached hydrogens (tertiary/aromatic N) is 1. The van der Waals surface area contributed by atoms with Crippen molar-refractivity contribution < 1.29 is 33.4 Å². The third-order valence-corrected chi connectivity index (χ3v) is 6.15. The molecule has 1 fully saturated rings. The maximum absolute atomic E-state index is 13.3. The quantitative estimate of drug-likeness (QED) is 0.205. The number of carbonyl (C=O) groups excluding carboxylic acids is 4. The number of hydrogen-bond acceptors (Lipinski definition) is 7. The Balaban J connectivity index is 1.58. The number of carbonyl (C=O) groups is 4. The average molecular weight is 593 g/mol. The number of rotatable bonds is 9. The number of esters is 1. The van der Waals surface area contributed by atoms with Crippen LogP contribution >= 0.6 is 15.9 Å². The summed E-state index contributed by atoms with van der Waals surface area (Å²) in [5, 5.41) is 2.19. The first kappa shape index (κ1) is 27.6. The topological polar surface area (TPSA) is 111 Å². The number of benzene rings is 3. The molecule has 0 radical (unpaired) electrons. The van der Waals surface area contributed by atoms with Crippen molar-refractivity contribution in [2.75, 3.05) is 18.1 Å². The summed E-state index contributed by atoms with van der Waals surface area (Å²) in [6.45, 7) is 4.43. The van der Waals surface area contributed by atoms with Crippen LogP contribution in [0.4, 0.5) is 10.5 Å². The fourth-order valence-corrected chi connectivity index (χ4v) is 4.03. The highest BCUT2D eigenvalue weighted by atomic mass is 79.9. The third-order valence-electron chi connectivity index (χ3n) is 5.62. The number of barbiturate groups is 1. The molecule has 9 nitrogen and oxygen atoms in total. The second-order valence-electron chi connectivity index (χ2n) is 8.28. The molecule has 10 heteroatoms. The fourth-order valence-electron chi connectivity index (χ4n) is 3.76. The van der Waals surface area contributed by atoms with Crippen molar-refractivity contribution >= 4 is 51.5 Å². The fraction of sp³-hybridized carbons (Fsp3) is 0.172. The first-order chi connectivity index (χ1) is 18.8. The van der Waals surface area contributed by atoms with Gasteiger partial charge in [0, 0.05) is 4.47 Å². The molecule has 3 aromatic rings. The Labute approximate surface area is 233 Å². The van der Waals surface area contributed by atoms with E-state index in [1.165, 1.54) is 30.3 Å². The van der Waals surface area contributed by atoms with E-state index < -0.39 is 23.8 Å². The predicted molar refractivity (Wildman–Crippen MR) is 147 cm³/mol. The lowest BCUT2D eigenvalue weighted by Crippen LogP contribution is -2.54. The van der Waals surface area contributed by atoms with Gasteiger partial charge in [-0.25, -0.2) is 14.5 Å². The highest BCUT2D eigenvalue weighted by Gasteiger charge is 2.37. The molecule has 4 amide bonds. The van der Waals surface area contributed by atoms with Crippen molar-refractivity contribution in [3.8, 4) is 11.5 Å². The minimum Gasteiger partial charge on any atom is -0.490 e. The highest BCUT2D eigenvalue weighted by Crippen LogP contribution is 2.31. The van der Waals surface area contributed by atoms with Crippen LogP contribution in [0.25, 0.3) is 6.08 Å². The van der Waals surface area contributed by atoms with Crippen molar-refractivity contribution in [2.24, 2.45) is 0 Å². The summed E-state index contributed by atoms with van der Waals surface area (Å²) in [6.07, 6.45) is 1.38. The lowest BCUT2D eigenvalue weighted by Gasteiger charge is -2.26. The number of amides is 4. The van der Waals surface area contributed by atoms with Gasteiger partial charge in [0.05, 0.1) is 24.5 Å². The molecule has 1 aliphatic heterocycles. The number of nitrogens with one attached hydrogen (secondary N) is 1. The summed E-state index contributed by atoms with van der Waals surface area (Å²) in [7, 11) is 0. The standard InChI is InChI=1S/C29H25BrN2O7/c1-3-37-25-16-19(7-14-24(25)39-17-18-5-10-21(30)11-6-18)15-23-26(33)31-29(36)32(27(23)34)22-12-8-20(9-13-22)28(35)38-4-2/h5-16H,3-4,17H2,1-2H3,(H,31,33,36)/b23-15+. The van der Waals surface area contributed by atoms with Gasteiger partial charge in [-0.2, -0.15) is 0 Å². The number of urea groups is 1. The van der Waals surface area contributed by atoms with E-state index in [1.807, 2.05) is 31.2 Å². The molecule has 0 spiro atoms. The number of imide groups is 2. The first-order valence-electron chi connectivity index (χ1n) is 12.1. The molecular weight excluding hydrogens is 568 g/mol. The van der Waals surface area contributed by atoms with Gasteiger partial charge in [0.1, 0.15) is 12.2 Å². The summed E-state index contributed by atoms with van der Waals surface area (Å²) in [5.74, 6) is -1.21. The van der Waals surface area contributed by atoms with Crippen molar-refractivity contribution in [3.05, 3.63) is 93.5 Å². The van der Waals surface area contributed by atoms with Gasteiger partial charge in [-0.05, 0) is 79.6 Å². The number of anilines is 1. The van der Waals surface area contributed by atoms with Crippen LogP contribution in [0, 0.1) is 0 Å². The second kappa shape index (κ2) is 12.4. The Hall–Kier alpha value is -4.44. The van der Waals surface area contributed by atoms with E-state index in [9.17, 15) is 19.2 Å². The van der Waals surface area contributed by atoms with Gasteiger partial charge >= 0.3 is 12.0 Å². The van der Waals surface area contributed by atoms with E-state index in [0.29, 0.717) is 30.3 Å². The third kappa shape index (κ3) is 6.53. The van der Waals surface area contributed by atoms with Gasteiger partial charge in [0.15, 0.2) is 11.5 Å². The number of halogens is 1. The maximum atomic E-state index is 13.3. The Bertz CT molecular complexity index is 1430. The van der Waals surface area contributed by atoms with Crippen LogP contribution < -0.4 is 19.7 Å². The number of ether oxygens (including phenoxy) is 3. The van der Waals surface area contributed by atoms with Crippen LogP contribution in [-0.2, 0) is 20.9 Å². The summed E-state index contributed by atoms with van der Waals surface area (Å²) in [6, 6.07) is 17.6. The average Bonchev–Trinajstić information content (AvgIpc) is 2.92. The minimum atomic E-state index is -0.891. The van der Waals surface area contributed by atoms with E-state index in [4.69, 9.17) is 14.2 Å². The van der Waals surface area contributed by atoms with E-state index in [-0.39, 0.29) is 23.4 Å². The Morgan fingerprint density at radius 2 is 1.62 bits per heavy atom. The molecular formula is C29H25BrN2O7. The maximum Gasteiger partial charge on any atom is 0.338 e. The highest BCUT2D eigenvalue weighted by molar-refractivity contribution is 9.10. The molecule has 0 atom stereocenters. The predicted octanol–water partition coefficient (Wildman–Crippen LogP) is 5.27. The SMILES string of the molecule is CCOC(=O)c1ccc(N2C(=O)NC(=O)/C(=C\c3ccc(OCc4ccc(Br)cc4)c(OCC)c3)C2=O)cc1. The lowest BCUT2D eigenvalue weighted by molar-refractivity contribution is -0.122. The Kier molecular flexibility index (Phi) is 8.77. The molecule has 0 bridgehead atoms. The van der Waals surface area contributed by atoms with Crippen LogP contribution in [0.5, 0.6) is 11.5 Å². The summed E-state index contributed by atoms with van der Waals surface area (Å²) >= 11 is 3.41. The van der Waals surface area contributed by atoms with Gasteiger partial charge in [0.25, 0.3) is 11.8 Å². The zero-order valence-electron chi connectivity index (χ0n) is 21.2. The molecule has 1 N–H and O–H groups in total. The molecule has 4 rings (SSSR count). The zero-order valence-corrected chi connectivity index (χ0v) is 22.8. The molecule has 200 valence electrons. The molecule has 39 heavy (non-hydrogen) atoms. The van der Waals surface area contributed by atoms with Gasteiger partial charge in [0.2, 0.25) is 0 Å². The molecule has 1 heterocycles. The van der Waals surface area contributed by atoms with E-state index in [0.717, 1.165) is 14.9 Å². The molecule has 0 aromatic heterocycles. The molecule has 0 saturated carbocycles. The summed E-state index contributed by atoms with van der Waals surface area (Å²) < 4.78 is 17.6. The van der Waals surface area contributed by atoms with Gasteiger partial charge < -0.3 is 14.2 Å². The van der Waals surface area contributed by atoms with Crippen LogP contribution in [0.15, 0.2) is 76.8 Å². The van der Waals surface area contributed by atoms with Gasteiger partial charge in [-0.15, -0.1) is 0 Å². The van der Waals surface area contributed by atoms with E-state index in [1.54, 1.807) is 25.1 Å². The number of hydrogen-bond donors (Lipinski definition) is 1. The lowest BCUT2D eigenvalue weighted by atomic mass is 10.1. The van der Waals surface area contributed by atoms with Crippen LogP contribution in [0.2, 0.25) is 0 Å². The van der Waals surface area contributed by atoms with E-state index >= 15 is 0 Å². The smallest absolute Gasteiger partial charge is 0.338 e. The first-order valence-corrected chi connectivity index (χ1v) is 12.9.